The molecule has 0 aliphatic carbocycles. The Bertz CT molecular complexity index is 914. The lowest BCUT2D eigenvalue weighted by atomic mass is 10.1. The van der Waals surface area contributed by atoms with Crippen molar-refractivity contribution in [1.29, 1.82) is 0 Å². The zero-order chi connectivity index (χ0) is 20.5. The summed E-state index contributed by atoms with van der Waals surface area (Å²) in [7, 11) is 0. The van der Waals surface area contributed by atoms with Gasteiger partial charge in [-0.05, 0) is 48.4 Å². The number of hydrogen-bond donors (Lipinski definition) is 1. The van der Waals surface area contributed by atoms with Crippen molar-refractivity contribution in [2.75, 3.05) is 13.1 Å². The molecule has 0 aromatic heterocycles. The standard InChI is InChI=1S/C23H25N3O3/c24-14-5-15-25(17-19-10-12-21(13-11-19)26(27)28)18-20-6-4-9-23(16-20)29-22-7-2-1-3-8-22/h1-4,6-13,16H,5,14-15,17-18,24H2. The summed E-state index contributed by atoms with van der Waals surface area (Å²) in [6.45, 7) is 2.90. The van der Waals surface area contributed by atoms with Crippen molar-refractivity contribution in [3.63, 3.8) is 0 Å². The van der Waals surface area contributed by atoms with E-state index in [0.29, 0.717) is 13.1 Å². The first-order valence-corrected chi connectivity index (χ1v) is 9.61. The normalized spacial score (nSPS) is 10.8. The van der Waals surface area contributed by atoms with E-state index in [2.05, 4.69) is 11.0 Å². The second kappa shape index (κ2) is 10.4. The minimum Gasteiger partial charge on any atom is -0.457 e. The van der Waals surface area contributed by atoms with Crippen LogP contribution in [0, 0.1) is 10.1 Å². The van der Waals surface area contributed by atoms with Crippen LogP contribution in [0.25, 0.3) is 0 Å². The molecule has 0 spiro atoms. The molecular weight excluding hydrogens is 366 g/mol. The van der Waals surface area contributed by atoms with E-state index in [9.17, 15) is 10.1 Å². The third-order valence-corrected chi connectivity index (χ3v) is 4.52. The van der Waals surface area contributed by atoms with Gasteiger partial charge in [-0.1, -0.05) is 42.5 Å². The van der Waals surface area contributed by atoms with E-state index in [0.717, 1.165) is 42.1 Å². The van der Waals surface area contributed by atoms with Gasteiger partial charge in [-0.15, -0.1) is 0 Å². The van der Waals surface area contributed by atoms with E-state index in [1.165, 1.54) is 0 Å². The predicted molar refractivity (Wildman–Crippen MR) is 114 cm³/mol. The molecule has 0 atom stereocenters. The maximum absolute atomic E-state index is 10.8. The molecule has 3 rings (SSSR count). The van der Waals surface area contributed by atoms with Crippen molar-refractivity contribution in [3.8, 4) is 11.5 Å². The van der Waals surface area contributed by atoms with E-state index in [1.54, 1.807) is 12.1 Å². The maximum Gasteiger partial charge on any atom is 0.269 e. The van der Waals surface area contributed by atoms with Crippen LogP contribution in [0.15, 0.2) is 78.9 Å². The second-order valence-electron chi connectivity index (χ2n) is 6.84. The molecule has 0 amide bonds. The first-order chi connectivity index (χ1) is 14.1. The van der Waals surface area contributed by atoms with Crippen LogP contribution in [-0.4, -0.2) is 22.9 Å². The van der Waals surface area contributed by atoms with Gasteiger partial charge in [0.25, 0.3) is 5.69 Å². The second-order valence-corrected chi connectivity index (χ2v) is 6.84. The fraction of sp³-hybridized carbons (Fsp3) is 0.217. The summed E-state index contributed by atoms with van der Waals surface area (Å²) in [5.74, 6) is 1.60. The molecule has 0 saturated carbocycles. The van der Waals surface area contributed by atoms with Crippen molar-refractivity contribution in [1.82, 2.24) is 4.90 Å². The van der Waals surface area contributed by atoms with Crippen molar-refractivity contribution in [3.05, 3.63) is 100 Å². The Morgan fingerprint density at radius 2 is 1.55 bits per heavy atom. The quantitative estimate of drug-likeness (QED) is 0.399. The molecule has 0 saturated heterocycles. The van der Waals surface area contributed by atoms with Gasteiger partial charge in [-0.2, -0.15) is 0 Å². The molecule has 0 aliphatic rings. The molecule has 0 bridgehead atoms. The maximum atomic E-state index is 10.8. The fourth-order valence-corrected chi connectivity index (χ4v) is 3.10. The molecule has 3 aromatic rings. The Labute approximate surface area is 170 Å². The number of nitrogens with zero attached hydrogens (tertiary/aromatic N) is 2. The largest absolute Gasteiger partial charge is 0.457 e. The monoisotopic (exact) mass is 391 g/mol. The first-order valence-electron chi connectivity index (χ1n) is 9.61. The van der Waals surface area contributed by atoms with Gasteiger partial charge in [-0.25, -0.2) is 0 Å². The van der Waals surface area contributed by atoms with Crippen LogP contribution < -0.4 is 10.5 Å². The summed E-state index contributed by atoms with van der Waals surface area (Å²) in [5, 5.41) is 10.8. The number of hydrogen-bond acceptors (Lipinski definition) is 5. The molecule has 150 valence electrons. The van der Waals surface area contributed by atoms with Gasteiger partial charge in [0, 0.05) is 31.8 Å². The molecule has 2 N–H and O–H groups in total. The van der Waals surface area contributed by atoms with Gasteiger partial charge in [0.1, 0.15) is 11.5 Å². The summed E-state index contributed by atoms with van der Waals surface area (Å²) < 4.78 is 5.93. The van der Waals surface area contributed by atoms with Crippen LogP contribution >= 0.6 is 0 Å². The molecule has 6 nitrogen and oxygen atoms in total. The highest BCUT2D eigenvalue weighted by Crippen LogP contribution is 2.23. The molecule has 0 heterocycles. The van der Waals surface area contributed by atoms with Crippen LogP contribution in [0.5, 0.6) is 11.5 Å². The summed E-state index contributed by atoms with van der Waals surface area (Å²) >= 11 is 0. The van der Waals surface area contributed by atoms with E-state index in [-0.39, 0.29) is 10.6 Å². The number of para-hydroxylation sites is 1. The van der Waals surface area contributed by atoms with Crippen molar-refractivity contribution in [2.24, 2.45) is 5.73 Å². The molecular formula is C23H25N3O3. The lowest BCUT2D eigenvalue weighted by Gasteiger charge is -2.22. The molecule has 29 heavy (non-hydrogen) atoms. The Morgan fingerprint density at radius 3 is 2.24 bits per heavy atom. The predicted octanol–water partition coefficient (Wildman–Crippen LogP) is 4.74. The summed E-state index contributed by atoms with van der Waals surface area (Å²) in [6.07, 6.45) is 0.882. The molecule has 0 fully saturated rings. The third kappa shape index (κ3) is 6.41. The van der Waals surface area contributed by atoms with Crippen molar-refractivity contribution >= 4 is 5.69 Å². The van der Waals surface area contributed by atoms with Gasteiger partial charge in [0.15, 0.2) is 0 Å². The van der Waals surface area contributed by atoms with E-state index < -0.39 is 0 Å². The highest BCUT2D eigenvalue weighted by Gasteiger charge is 2.10. The highest BCUT2D eigenvalue weighted by molar-refractivity contribution is 5.34. The average molecular weight is 391 g/mol. The molecule has 0 aliphatic heterocycles. The smallest absolute Gasteiger partial charge is 0.269 e. The molecule has 6 heteroatoms. The fourth-order valence-electron chi connectivity index (χ4n) is 3.10. The van der Waals surface area contributed by atoms with E-state index in [1.807, 2.05) is 60.7 Å². The van der Waals surface area contributed by atoms with Crippen LogP contribution in [0.4, 0.5) is 5.69 Å². The zero-order valence-corrected chi connectivity index (χ0v) is 16.2. The summed E-state index contributed by atoms with van der Waals surface area (Å²) in [5.41, 5.74) is 7.98. The SMILES string of the molecule is NCCCN(Cc1ccc([N+](=O)[O-])cc1)Cc1cccc(Oc2ccccc2)c1. The van der Waals surface area contributed by atoms with Gasteiger partial charge in [0.05, 0.1) is 4.92 Å². The lowest BCUT2D eigenvalue weighted by Crippen LogP contribution is -2.25. The number of nitro groups is 1. The van der Waals surface area contributed by atoms with Crippen LogP contribution in [-0.2, 0) is 13.1 Å². The zero-order valence-electron chi connectivity index (χ0n) is 16.2. The minimum atomic E-state index is -0.381. The van der Waals surface area contributed by atoms with Crippen LogP contribution in [0.3, 0.4) is 0 Å². The van der Waals surface area contributed by atoms with E-state index >= 15 is 0 Å². The summed E-state index contributed by atoms with van der Waals surface area (Å²) in [4.78, 5) is 12.8. The van der Waals surface area contributed by atoms with Crippen LogP contribution in [0.1, 0.15) is 17.5 Å². The Hall–Kier alpha value is -3.22. The number of nitrogens with two attached hydrogens (primary N) is 1. The van der Waals surface area contributed by atoms with E-state index in [4.69, 9.17) is 10.5 Å². The number of rotatable bonds is 10. The third-order valence-electron chi connectivity index (χ3n) is 4.52. The highest BCUT2D eigenvalue weighted by atomic mass is 16.6. The minimum absolute atomic E-state index is 0.105. The number of benzene rings is 3. The first kappa shape index (κ1) is 20.5. The summed E-state index contributed by atoms with van der Waals surface area (Å²) in [6, 6.07) is 24.4. The van der Waals surface area contributed by atoms with Gasteiger partial charge < -0.3 is 10.5 Å². The number of non-ortho nitro benzene ring substituents is 1. The Morgan fingerprint density at radius 1 is 0.862 bits per heavy atom. The van der Waals surface area contributed by atoms with Gasteiger partial charge >= 0.3 is 0 Å². The Kier molecular flexibility index (Phi) is 7.33. The van der Waals surface area contributed by atoms with Gasteiger partial charge in [-0.3, -0.25) is 15.0 Å². The van der Waals surface area contributed by atoms with Gasteiger partial charge in [0.2, 0.25) is 0 Å². The lowest BCUT2D eigenvalue weighted by molar-refractivity contribution is -0.384. The topological polar surface area (TPSA) is 81.6 Å². The molecule has 3 aromatic carbocycles. The number of ether oxygens (including phenoxy) is 1. The molecule has 0 radical (unpaired) electrons. The number of nitro benzene ring substituents is 1. The Balaban J connectivity index is 1.69. The van der Waals surface area contributed by atoms with Crippen molar-refractivity contribution in [2.45, 2.75) is 19.5 Å². The average Bonchev–Trinajstić information content (AvgIpc) is 2.73. The molecule has 0 unspecified atom stereocenters. The van der Waals surface area contributed by atoms with Crippen LogP contribution in [0.2, 0.25) is 0 Å². The van der Waals surface area contributed by atoms with Crippen molar-refractivity contribution < 1.29 is 9.66 Å².